The Morgan fingerprint density at radius 1 is 1.57 bits per heavy atom. The average Bonchev–Trinajstić information content (AvgIpc) is 2.97. The second-order valence-electron chi connectivity index (χ2n) is 4.63. The molecular formula is C12H15N3O4S2. The van der Waals surface area contributed by atoms with Gasteiger partial charge in [0.15, 0.2) is 0 Å². The van der Waals surface area contributed by atoms with Crippen molar-refractivity contribution >= 4 is 27.3 Å². The highest BCUT2D eigenvalue weighted by molar-refractivity contribution is 7.89. The zero-order chi connectivity index (χ0) is 15.6. The number of hydrogen-bond acceptors (Lipinski definition) is 5. The molecule has 0 aliphatic rings. The minimum absolute atomic E-state index is 0.160. The third-order valence-electron chi connectivity index (χ3n) is 2.76. The van der Waals surface area contributed by atoms with E-state index in [-0.39, 0.29) is 9.77 Å². The van der Waals surface area contributed by atoms with Crippen LogP contribution in [-0.4, -0.2) is 35.3 Å². The Balaban J connectivity index is 2.22. The van der Waals surface area contributed by atoms with E-state index in [2.05, 4.69) is 9.82 Å². The Morgan fingerprint density at radius 3 is 2.86 bits per heavy atom. The summed E-state index contributed by atoms with van der Waals surface area (Å²) in [6.45, 7) is 3.63. The van der Waals surface area contributed by atoms with Gasteiger partial charge in [-0.3, -0.25) is 4.68 Å². The van der Waals surface area contributed by atoms with Gasteiger partial charge in [0.1, 0.15) is 9.77 Å². The molecule has 0 fully saturated rings. The van der Waals surface area contributed by atoms with Gasteiger partial charge in [-0.05, 0) is 30.9 Å². The molecule has 2 heterocycles. The van der Waals surface area contributed by atoms with Gasteiger partial charge in [-0.2, -0.15) is 5.10 Å². The van der Waals surface area contributed by atoms with Crippen molar-refractivity contribution in [3.8, 4) is 0 Å². The largest absolute Gasteiger partial charge is 0.477 e. The van der Waals surface area contributed by atoms with Gasteiger partial charge in [0.25, 0.3) is 0 Å². The third kappa shape index (κ3) is 3.49. The summed E-state index contributed by atoms with van der Waals surface area (Å²) in [7, 11) is -3.89. The predicted octanol–water partition coefficient (Wildman–Crippen LogP) is 1.32. The summed E-state index contributed by atoms with van der Waals surface area (Å²) in [5, 5.41) is 14.6. The van der Waals surface area contributed by atoms with Gasteiger partial charge in [-0.15, -0.1) is 11.3 Å². The highest BCUT2D eigenvalue weighted by Gasteiger charge is 2.28. The van der Waals surface area contributed by atoms with E-state index in [0.717, 1.165) is 11.3 Å². The summed E-state index contributed by atoms with van der Waals surface area (Å²) in [5.41, 5.74) is 0.427. The lowest BCUT2D eigenvalue weighted by atomic mass is 10.3. The average molecular weight is 329 g/mol. The van der Waals surface area contributed by atoms with Gasteiger partial charge < -0.3 is 5.11 Å². The van der Waals surface area contributed by atoms with E-state index in [9.17, 15) is 13.2 Å². The molecule has 2 aromatic heterocycles. The molecule has 7 nitrogen and oxygen atoms in total. The fourth-order valence-electron chi connectivity index (χ4n) is 1.97. The Labute approximate surface area is 126 Å². The number of hydrogen-bond donors (Lipinski definition) is 2. The second-order valence-corrected chi connectivity index (χ2v) is 7.16. The van der Waals surface area contributed by atoms with Crippen molar-refractivity contribution in [1.82, 2.24) is 14.5 Å². The molecule has 2 N–H and O–H groups in total. The van der Waals surface area contributed by atoms with E-state index in [4.69, 9.17) is 5.11 Å². The molecule has 1 unspecified atom stereocenters. The highest BCUT2D eigenvalue weighted by Crippen LogP contribution is 2.26. The van der Waals surface area contributed by atoms with Crippen LogP contribution in [0.1, 0.15) is 22.2 Å². The maximum atomic E-state index is 12.4. The number of aromatic carboxylic acids is 1. The maximum absolute atomic E-state index is 12.4. The Bertz CT molecular complexity index is 735. The number of carboxylic acid groups (broad SMARTS) is 1. The molecule has 114 valence electrons. The van der Waals surface area contributed by atoms with Crippen LogP contribution < -0.4 is 4.72 Å². The Morgan fingerprint density at radius 2 is 2.29 bits per heavy atom. The highest BCUT2D eigenvalue weighted by atomic mass is 32.2. The van der Waals surface area contributed by atoms with Crippen LogP contribution in [0.5, 0.6) is 0 Å². The van der Waals surface area contributed by atoms with Crippen molar-refractivity contribution in [3.63, 3.8) is 0 Å². The molecule has 0 aromatic carbocycles. The second kappa shape index (κ2) is 5.96. The van der Waals surface area contributed by atoms with E-state index in [1.54, 1.807) is 37.0 Å². The molecule has 0 aliphatic heterocycles. The lowest BCUT2D eigenvalue weighted by Crippen LogP contribution is -2.36. The molecule has 2 rings (SSSR count). The minimum atomic E-state index is -3.89. The zero-order valence-corrected chi connectivity index (χ0v) is 13.1. The molecule has 0 aliphatic carbocycles. The van der Waals surface area contributed by atoms with Gasteiger partial charge in [0.2, 0.25) is 10.0 Å². The normalized spacial score (nSPS) is 13.2. The lowest BCUT2D eigenvalue weighted by Gasteiger charge is -2.14. The molecule has 0 spiro atoms. The van der Waals surface area contributed by atoms with Gasteiger partial charge in [0.05, 0.1) is 6.54 Å². The first-order valence-electron chi connectivity index (χ1n) is 6.12. The van der Waals surface area contributed by atoms with Crippen LogP contribution in [0.2, 0.25) is 0 Å². The molecule has 0 saturated carbocycles. The molecule has 1 atom stereocenters. The summed E-state index contributed by atoms with van der Waals surface area (Å²) in [6.07, 6.45) is 3.33. The topological polar surface area (TPSA) is 101 Å². The third-order valence-corrected chi connectivity index (χ3v) is 5.75. The number of carbonyl (C=O) groups is 1. The van der Waals surface area contributed by atoms with E-state index in [1.165, 1.54) is 5.38 Å². The number of thiophene rings is 1. The van der Waals surface area contributed by atoms with Crippen LogP contribution in [0.4, 0.5) is 0 Å². The summed E-state index contributed by atoms with van der Waals surface area (Å²) in [4.78, 5) is 10.8. The lowest BCUT2D eigenvalue weighted by molar-refractivity contribution is 0.0698. The molecule has 9 heteroatoms. The molecule has 0 radical (unpaired) electrons. The van der Waals surface area contributed by atoms with Crippen molar-refractivity contribution < 1.29 is 18.3 Å². The predicted molar refractivity (Wildman–Crippen MR) is 78.0 cm³/mol. The summed E-state index contributed by atoms with van der Waals surface area (Å²) in [5.74, 6) is -1.24. The number of aromatic nitrogens is 2. The molecule has 21 heavy (non-hydrogen) atoms. The van der Waals surface area contributed by atoms with Gasteiger partial charge in [0, 0.05) is 18.4 Å². The van der Waals surface area contributed by atoms with Crippen molar-refractivity contribution in [2.24, 2.45) is 0 Å². The first kappa shape index (κ1) is 15.7. The van der Waals surface area contributed by atoms with Crippen molar-refractivity contribution in [2.75, 3.05) is 0 Å². The quantitative estimate of drug-likeness (QED) is 0.832. The summed E-state index contributed by atoms with van der Waals surface area (Å²) < 4.78 is 28.9. The van der Waals surface area contributed by atoms with Crippen LogP contribution in [0.15, 0.2) is 28.7 Å². The van der Waals surface area contributed by atoms with Crippen molar-refractivity contribution in [3.05, 3.63) is 34.3 Å². The summed E-state index contributed by atoms with van der Waals surface area (Å²) in [6, 6.07) is 1.32. The molecule has 2 aromatic rings. The number of sulfonamides is 1. The summed E-state index contributed by atoms with van der Waals surface area (Å²) >= 11 is 0.907. The van der Waals surface area contributed by atoms with Gasteiger partial charge in [-0.25, -0.2) is 17.9 Å². The number of carboxylic acids is 1. The fraction of sp³-hybridized carbons (Fsp3) is 0.333. The van der Waals surface area contributed by atoms with E-state index < -0.39 is 22.0 Å². The van der Waals surface area contributed by atoms with E-state index >= 15 is 0 Å². The van der Waals surface area contributed by atoms with Crippen LogP contribution in [0, 0.1) is 6.92 Å². The van der Waals surface area contributed by atoms with Gasteiger partial charge >= 0.3 is 5.97 Å². The van der Waals surface area contributed by atoms with E-state index in [0.29, 0.717) is 12.1 Å². The number of nitrogens with zero attached hydrogens (tertiary/aromatic N) is 2. The standard InChI is InChI=1S/C12H15N3O4S2/c1-8-7-20-10(12(16)17)11(8)21(18,19)14-9(2)6-15-5-3-4-13-15/h3-5,7,9,14H,6H2,1-2H3,(H,16,17). The Kier molecular flexibility index (Phi) is 4.45. The zero-order valence-electron chi connectivity index (χ0n) is 11.5. The molecule has 0 saturated heterocycles. The first-order valence-corrected chi connectivity index (χ1v) is 8.48. The molecule has 0 amide bonds. The van der Waals surface area contributed by atoms with Crippen molar-refractivity contribution in [2.45, 2.75) is 31.3 Å². The fourth-order valence-corrected chi connectivity index (χ4v) is 4.83. The van der Waals surface area contributed by atoms with Crippen LogP contribution in [0.25, 0.3) is 0 Å². The SMILES string of the molecule is Cc1csc(C(=O)O)c1S(=O)(=O)NC(C)Cn1cccn1. The Hall–Kier alpha value is -1.71. The number of aryl methyl sites for hydroxylation is 1. The molecule has 0 bridgehead atoms. The molecular weight excluding hydrogens is 314 g/mol. The maximum Gasteiger partial charge on any atom is 0.347 e. The van der Waals surface area contributed by atoms with Crippen LogP contribution in [0.3, 0.4) is 0 Å². The van der Waals surface area contributed by atoms with Gasteiger partial charge in [-0.1, -0.05) is 0 Å². The first-order chi connectivity index (χ1) is 9.81. The minimum Gasteiger partial charge on any atom is -0.477 e. The monoisotopic (exact) mass is 329 g/mol. The smallest absolute Gasteiger partial charge is 0.347 e. The van der Waals surface area contributed by atoms with Crippen LogP contribution in [-0.2, 0) is 16.6 Å². The number of nitrogens with one attached hydrogen (secondary N) is 1. The van der Waals surface area contributed by atoms with Crippen LogP contribution >= 0.6 is 11.3 Å². The van der Waals surface area contributed by atoms with E-state index in [1.807, 2.05) is 0 Å². The number of rotatable bonds is 6. The van der Waals surface area contributed by atoms with Crippen molar-refractivity contribution in [1.29, 1.82) is 0 Å².